The summed E-state index contributed by atoms with van der Waals surface area (Å²) in [7, 11) is 0. The third-order valence-corrected chi connectivity index (χ3v) is 3.63. The number of ketones is 1. The van der Waals surface area contributed by atoms with Crippen LogP contribution in [0, 0.1) is 0 Å². The molecular weight excluding hydrogens is 248 g/mol. The van der Waals surface area contributed by atoms with Crippen LogP contribution >= 0.6 is 15.9 Å². The van der Waals surface area contributed by atoms with Gasteiger partial charge in [-0.15, -0.1) is 0 Å². The molecule has 14 heavy (non-hydrogen) atoms. The number of ether oxygens (including phenoxy) is 1. The Hall–Kier alpha value is -0.380. The topological polar surface area (TPSA) is 43.4 Å². The molecule has 0 spiro atoms. The van der Waals surface area contributed by atoms with E-state index in [0.29, 0.717) is 19.4 Å². The molecule has 1 aliphatic rings. The van der Waals surface area contributed by atoms with Gasteiger partial charge in [-0.25, -0.2) is 0 Å². The summed E-state index contributed by atoms with van der Waals surface area (Å²) in [6, 6.07) is 0. The highest BCUT2D eigenvalue weighted by molar-refractivity contribution is 9.10. The second kappa shape index (κ2) is 4.91. The van der Waals surface area contributed by atoms with E-state index in [-0.39, 0.29) is 5.78 Å². The number of Topliss-reactive ketones (excluding diaryl/α,β-unsaturated/α-hetero) is 1. The largest absolute Gasteiger partial charge is 0.465 e. The Balaban J connectivity index is 2.76. The minimum absolute atomic E-state index is 0.0338. The van der Waals surface area contributed by atoms with Crippen LogP contribution in [0.2, 0.25) is 0 Å². The van der Waals surface area contributed by atoms with Crippen LogP contribution in [0.1, 0.15) is 39.0 Å². The van der Waals surface area contributed by atoms with Crippen LogP contribution in [0.4, 0.5) is 0 Å². The van der Waals surface area contributed by atoms with Crippen molar-refractivity contribution in [2.24, 2.45) is 0 Å². The van der Waals surface area contributed by atoms with Crippen LogP contribution in [0.15, 0.2) is 0 Å². The fourth-order valence-corrected chi connectivity index (χ4v) is 2.22. The molecule has 0 radical (unpaired) electrons. The Kier molecular flexibility index (Phi) is 4.11. The second-order valence-electron chi connectivity index (χ2n) is 3.51. The molecule has 1 rings (SSSR count). The fraction of sp³-hybridized carbons (Fsp3) is 0.800. The molecule has 1 atom stereocenters. The van der Waals surface area contributed by atoms with Gasteiger partial charge in [-0.2, -0.15) is 0 Å². The molecule has 1 saturated carbocycles. The molecule has 0 aromatic rings. The van der Waals surface area contributed by atoms with Crippen molar-refractivity contribution in [3.05, 3.63) is 0 Å². The van der Waals surface area contributed by atoms with Gasteiger partial charge in [-0.1, -0.05) is 28.8 Å². The summed E-state index contributed by atoms with van der Waals surface area (Å²) in [6.45, 7) is 2.06. The average Bonchev–Trinajstić information content (AvgIpc) is 2.31. The van der Waals surface area contributed by atoms with Crippen LogP contribution in [-0.4, -0.2) is 22.7 Å². The van der Waals surface area contributed by atoms with Crippen molar-refractivity contribution in [3.8, 4) is 0 Å². The summed E-state index contributed by atoms with van der Waals surface area (Å²) in [5, 5.41) is 0. The molecule has 3 nitrogen and oxygen atoms in total. The first-order valence-electron chi connectivity index (χ1n) is 5.00. The molecule has 0 aliphatic heterocycles. The molecule has 0 unspecified atom stereocenters. The Bertz CT molecular complexity index is 240. The van der Waals surface area contributed by atoms with Crippen molar-refractivity contribution in [2.75, 3.05) is 6.61 Å². The number of carbonyl (C=O) groups is 2. The molecule has 0 aromatic heterocycles. The third kappa shape index (κ3) is 2.35. The van der Waals surface area contributed by atoms with E-state index in [1.165, 1.54) is 0 Å². The Morgan fingerprint density at radius 1 is 1.50 bits per heavy atom. The number of rotatable bonds is 2. The van der Waals surface area contributed by atoms with Crippen molar-refractivity contribution < 1.29 is 14.3 Å². The standard InChI is InChI=1S/C10H15BrO3/c1-2-14-9(13)10(11)7-5-3-4-6-8(10)12/h2-7H2,1H3/t10-/m0/s1. The number of carbonyl (C=O) groups excluding carboxylic acids is 2. The van der Waals surface area contributed by atoms with E-state index in [1.54, 1.807) is 6.92 Å². The lowest BCUT2D eigenvalue weighted by Gasteiger charge is -2.21. The van der Waals surface area contributed by atoms with Crippen molar-refractivity contribution in [1.29, 1.82) is 0 Å². The van der Waals surface area contributed by atoms with Gasteiger partial charge < -0.3 is 4.74 Å². The molecule has 1 fully saturated rings. The first-order chi connectivity index (χ1) is 6.61. The maximum absolute atomic E-state index is 11.7. The molecular formula is C10H15BrO3. The molecule has 0 heterocycles. The van der Waals surface area contributed by atoms with Crippen molar-refractivity contribution in [1.82, 2.24) is 0 Å². The smallest absolute Gasteiger partial charge is 0.330 e. The van der Waals surface area contributed by atoms with E-state index >= 15 is 0 Å². The lowest BCUT2D eigenvalue weighted by atomic mass is 9.99. The summed E-state index contributed by atoms with van der Waals surface area (Å²) < 4.78 is 3.85. The van der Waals surface area contributed by atoms with Gasteiger partial charge in [0.2, 0.25) is 0 Å². The van der Waals surface area contributed by atoms with E-state index in [4.69, 9.17) is 4.74 Å². The lowest BCUT2D eigenvalue weighted by Crippen LogP contribution is -2.41. The predicted molar refractivity (Wildman–Crippen MR) is 56.4 cm³/mol. The molecule has 1 aliphatic carbocycles. The maximum Gasteiger partial charge on any atom is 0.330 e. The lowest BCUT2D eigenvalue weighted by molar-refractivity contribution is -0.149. The van der Waals surface area contributed by atoms with E-state index in [1.807, 2.05) is 0 Å². The van der Waals surface area contributed by atoms with Gasteiger partial charge in [0, 0.05) is 6.42 Å². The molecule has 4 heteroatoms. The monoisotopic (exact) mass is 262 g/mol. The fourth-order valence-electron chi connectivity index (χ4n) is 1.63. The SMILES string of the molecule is CCOC(=O)[C@]1(Br)CCCCCC1=O. The zero-order chi connectivity index (χ0) is 10.6. The highest BCUT2D eigenvalue weighted by Gasteiger charge is 2.44. The molecule has 0 amide bonds. The van der Waals surface area contributed by atoms with Gasteiger partial charge in [0.05, 0.1) is 6.61 Å². The van der Waals surface area contributed by atoms with E-state index in [9.17, 15) is 9.59 Å². The summed E-state index contributed by atoms with van der Waals surface area (Å²) in [5.74, 6) is -0.458. The van der Waals surface area contributed by atoms with Crippen LogP contribution in [0.25, 0.3) is 0 Å². The first kappa shape index (κ1) is 11.7. The Morgan fingerprint density at radius 3 is 2.86 bits per heavy atom. The van der Waals surface area contributed by atoms with Gasteiger partial charge in [-0.05, 0) is 19.8 Å². The van der Waals surface area contributed by atoms with Crippen LogP contribution < -0.4 is 0 Å². The summed E-state index contributed by atoms with van der Waals surface area (Å²) in [5.41, 5.74) is 0. The minimum atomic E-state index is -1.06. The van der Waals surface area contributed by atoms with E-state index in [0.717, 1.165) is 19.3 Å². The van der Waals surface area contributed by atoms with Gasteiger partial charge in [0.15, 0.2) is 10.1 Å². The number of esters is 1. The zero-order valence-corrected chi connectivity index (χ0v) is 9.93. The van der Waals surface area contributed by atoms with Crippen molar-refractivity contribution >= 4 is 27.7 Å². The van der Waals surface area contributed by atoms with Gasteiger partial charge in [-0.3, -0.25) is 9.59 Å². The predicted octanol–water partition coefficient (Wildman–Crippen LogP) is 2.22. The summed E-state index contributed by atoms with van der Waals surface area (Å²) >= 11 is 3.25. The Morgan fingerprint density at radius 2 is 2.21 bits per heavy atom. The molecule has 0 N–H and O–H groups in total. The normalized spacial score (nSPS) is 28.3. The zero-order valence-electron chi connectivity index (χ0n) is 8.35. The number of halogens is 1. The highest BCUT2D eigenvalue weighted by Crippen LogP contribution is 2.33. The first-order valence-corrected chi connectivity index (χ1v) is 5.80. The minimum Gasteiger partial charge on any atom is -0.465 e. The third-order valence-electron chi connectivity index (χ3n) is 2.47. The molecule has 0 aromatic carbocycles. The second-order valence-corrected chi connectivity index (χ2v) is 4.86. The van der Waals surface area contributed by atoms with Gasteiger partial charge in [0.25, 0.3) is 0 Å². The average molecular weight is 263 g/mol. The van der Waals surface area contributed by atoms with Crippen molar-refractivity contribution in [2.45, 2.75) is 43.4 Å². The number of hydrogen-bond acceptors (Lipinski definition) is 3. The van der Waals surface area contributed by atoms with Gasteiger partial charge in [0.1, 0.15) is 0 Å². The van der Waals surface area contributed by atoms with E-state index in [2.05, 4.69) is 15.9 Å². The maximum atomic E-state index is 11.7. The van der Waals surface area contributed by atoms with Gasteiger partial charge >= 0.3 is 5.97 Å². The molecule has 0 saturated heterocycles. The quantitative estimate of drug-likeness (QED) is 0.332. The number of hydrogen-bond donors (Lipinski definition) is 0. The summed E-state index contributed by atoms with van der Waals surface area (Å²) in [4.78, 5) is 23.3. The highest BCUT2D eigenvalue weighted by atomic mass is 79.9. The molecule has 0 bridgehead atoms. The Labute approximate surface area is 92.3 Å². The summed E-state index contributed by atoms with van der Waals surface area (Å²) in [6.07, 6.45) is 3.83. The molecule has 80 valence electrons. The number of alkyl halides is 1. The van der Waals surface area contributed by atoms with Crippen LogP contribution in [-0.2, 0) is 14.3 Å². The van der Waals surface area contributed by atoms with E-state index < -0.39 is 10.3 Å². The van der Waals surface area contributed by atoms with Crippen LogP contribution in [0.3, 0.4) is 0 Å². The van der Waals surface area contributed by atoms with Crippen molar-refractivity contribution in [3.63, 3.8) is 0 Å². The van der Waals surface area contributed by atoms with Crippen LogP contribution in [0.5, 0.6) is 0 Å².